The topological polar surface area (TPSA) is 55.6 Å². The van der Waals surface area contributed by atoms with Gasteiger partial charge >= 0.3 is 0 Å². The van der Waals surface area contributed by atoms with Crippen molar-refractivity contribution in [2.45, 2.75) is 45.1 Å². The van der Waals surface area contributed by atoms with E-state index >= 15 is 0 Å². The monoisotopic (exact) mass is 270 g/mol. The first-order chi connectivity index (χ1) is 8.60. The lowest BCUT2D eigenvalue weighted by Gasteiger charge is -2.44. The van der Waals surface area contributed by atoms with Crippen LogP contribution in [-0.2, 0) is 9.53 Å². The smallest absolute Gasteiger partial charge is 0.235 e. The van der Waals surface area contributed by atoms with E-state index in [9.17, 15) is 4.79 Å². The first kappa shape index (κ1) is 13.7. The second-order valence-electron chi connectivity index (χ2n) is 5.25. The molecule has 1 saturated heterocycles. The molecule has 0 unspecified atom stereocenters. The standard InChI is InChI=1S/C13H22N2O2S/c1-2-17-10-4-8-15(9-5-10)12(16)13(11(14)18)6-3-7-13/h10H,2-9H2,1H3,(H2,14,18). The zero-order valence-electron chi connectivity index (χ0n) is 11.0. The van der Waals surface area contributed by atoms with Crippen LogP contribution in [0, 0.1) is 5.41 Å². The van der Waals surface area contributed by atoms with Crippen LogP contribution >= 0.6 is 12.2 Å². The average molecular weight is 270 g/mol. The third-order valence-electron chi connectivity index (χ3n) is 4.22. The van der Waals surface area contributed by atoms with E-state index in [4.69, 9.17) is 22.7 Å². The molecule has 0 aromatic heterocycles. The molecule has 0 aromatic carbocycles. The normalized spacial score (nSPS) is 23.5. The third-order valence-corrected chi connectivity index (χ3v) is 4.61. The van der Waals surface area contributed by atoms with Crippen molar-refractivity contribution in [2.75, 3.05) is 19.7 Å². The van der Waals surface area contributed by atoms with Gasteiger partial charge in [0.25, 0.3) is 0 Å². The van der Waals surface area contributed by atoms with E-state index in [1.807, 2.05) is 11.8 Å². The molecule has 2 aliphatic rings. The number of amides is 1. The molecule has 4 nitrogen and oxygen atoms in total. The highest BCUT2D eigenvalue weighted by Gasteiger charge is 2.49. The van der Waals surface area contributed by atoms with E-state index in [0.717, 1.165) is 51.8 Å². The van der Waals surface area contributed by atoms with Gasteiger partial charge in [-0.2, -0.15) is 0 Å². The van der Waals surface area contributed by atoms with Gasteiger partial charge in [0, 0.05) is 19.7 Å². The van der Waals surface area contributed by atoms with E-state index in [1.54, 1.807) is 0 Å². The van der Waals surface area contributed by atoms with E-state index in [0.29, 0.717) is 11.1 Å². The third kappa shape index (κ3) is 2.38. The van der Waals surface area contributed by atoms with Gasteiger partial charge in [-0.1, -0.05) is 18.6 Å². The van der Waals surface area contributed by atoms with Crippen molar-refractivity contribution in [2.24, 2.45) is 11.1 Å². The number of likely N-dealkylation sites (tertiary alicyclic amines) is 1. The first-order valence-electron chi connectivity index (χ1n) is 6.81. The number of nitrogens with two attached hydrogens (primary N) is 1. The maximum atomic E-state index is 12.5. The highest BCUT2D eigenvalue weighted by Crippen LogP contribution is 2.43. The van der Waals surface area contributed by atoms with Gasteiger partial charge in [-0.25, -0.2) is 0 Å². The summed E-state index contributed by atoms with van der Waals surface area (Å²) < 4.78 is 5.60. The van der Waals surface area contributed by atoms with Crippen molar-refractivity contribution < 1.29 is 9.53 Å². The van der Waals surface area contributed by atoms with Crippen LogP contribution in [0.25, 0.3) is 0 Å². The van der Waals surface area contributed by atoms with Gasteiger partial charge in [0.15, 0.2) is 0 Å². The fraction of sp³-hybridized carbons (Fsp3) is 0.846. The maximum absolute atomic E-state index is 12.5. The number of rotatable bonds is 4. The Balaban J connectivity index is 1.93. The predicted octanol–water partition coefficient (Wildman–Crippen LogP) is 1.47. The van der Waals surface area contributed by atoms with Crippen LogP contribution in [-0.4, -0.2) is 41.6 Å². The Hall–Kier alpha value is -0.680. The molecule has 1 aliphatic heterocycles. The van der Waals surface area contributed by atoms with Crippen molar-refractivity contribution in [3.05, 3.63) is 0 Å². The van der Waals surface area contributed by atoms with Crippen LogP contribution in [0.3, 0.4) is 0 Å². The lowest BCUT2D eigenvalue weighted by molar-refractivity contribution is -0.144. The van der Waals surface area contributed by atoms with Gasteiger partial charge in [0.2, 0.25) is 5.91 Å². The predicted molar refractivity (Wildman–Crippen MR) is 74.3 cm³/mol. The molecule has 1 aliphatic carbocycles. The summed E-state index contributed by atoms with van der Waals surface area (Å²) in [7, 11) is 0. The van der Waals surface area contributed by atoms with Crippen molar-refractivity contribution in [3.63, 3.8) is 0 Å². The molecule has 0 spiro atoms. The number of nitrogens with zero attached hydrogens (tertiary/aromatic N) is 1. The van der Waals surface area contributed by atoms with Crippen LogP contribution in [0.2, 0.25) is 0 Å². The molecule has 1 heterocycles. The van der Waals surface area contributed by atoms with Crippen LogP contribution < -0.4 is 5.73 Å². The Labute approximate surface area is 114 Å². The van der Waals surface area contributed by atoms with Crippen LogP contribution in [0.15, 0.2) is 0 Å². The SMILES string of the molecule is CCOC1CCN(C(=O)C2(C(N)=S)CCC2)CC1. The molecular formula is C13H22N2O2S. The molecule has 1 amide bonds. The van der Waals surface area contributed by atoms with Crippen molar-refractivity contribution >= 4 is 23.1 Å². The summed E-state index contributed by atoms with van der Waals surface area (Å²) in [6, 6.07) is 0. The Bertz CT molecular complexity index is 334. The number of hydrogen-bond acceptors (Lipinski definition) is 3. The highest BCUT2D eigenvalue weighted by molar-refractivity contribution is 7.80. The Kier molecular flexibility index (Phi) is 4.22. The Morgan fingerprint density at radius 1 is 1.44 bits per heavy atom. The molecule has 0 radical (unpaired) electrons. The van der Waals surface area contributed by atoms with Crippen LogP contribution in [0.1, 0.15) is 39.0 Å². The lowest BCUT2D eigenvalue weighted by atomic mass is 9.67. The summed E-state index contributed by atoms with van der Waals surface area (Å²) in [6.07, 6.45) is 4.86. The molecule has 1 saturated carbocycles. The lowest BCUT2D eigenvalue weighted by Crippen LogP contribution is -2.56. The number of hydrogen-bond donors (Lipinski definition) is 1. The van der Waals surface area contributed by atoms with Crippen LogP contribution in [0.5, 0.6) is 0 Å². The summed E-state index contributed by atoms with van der Waals surface area (Å²) >= 11 is 5.10. The molecule has 2 fully saturated rings. The van der Waals surface area contributed by atoms with Crippen molar-refractivity contribution in [3.8, 4) is 0 Å². The molecule has 18 heavy (non-hydrogen) atoms. The number of ether oxygens (including phenoxy) is 1. The summed E-state index contributed by atoms with van der Waals surface area (Å²) in [5.41, 5.74) is 5.25. The quantitative estimate of drug-likeness (QED) is 0.786. The van der Waals surface area contributed by atoms with Crippen molar-refractivity contribution in [1.29, 1.82) is 0 Å². The minimum Gasteiger partial charge on any atom is -0.392 e. The minimum atomic E-state index is -0.520. The average Bonchev–Trinajstić information content (AvgIpc) is 2.28. The number of carbonyl (C=O) groups excluding carboxylic acids is 1. The Morgan fingerprint density at radius 2 is 2.06 bits per heavy atom. The summed E-state index contributed by atoms with van der Waals surface area (Å²) in [5, 5.41) is 0. The van der Waals surface area contributed by atoms with Gasteiger partial charge in [-0.3, -0.25) is 4.79 Å². The number of carbonyl (C=O) groups is 1. The zero-order valence-corrected chi connectivity index (χ0v) is 11.8. The molecule has 102 valence electrons. The molecule has 2 rings (SSSR count). The molecule has 0 atom stereocenters. The molecular weight excluding hydrogens is 248 g/mol. The number of thiocarbonyl (C=S) groups is 1. The van der Waals surface area contributed by atoms with Gasteiger partial charge in [-0.05, 0) is 32.6 Å². The van der Waals surface area contributed by atoms with Crippen molar-refractivity contribution in [1.82, 2.24) is 4.90 Å². The minimum absolute atomic E-state index is 0.149. The summed E-state index contributed by atoms with van der Waals surface area (Å²) in [4.78, 5) is 14.8. The maximum Gasteiger partial charge on any atom is 0.235 e. The summed E-state index contributed by atoms with van der Waals surface area (Å²) in [5.74, 6) is 0.149. The molecule has 0 aromatic rings. The Morgan fingerprint density at radius 3 is 2.44 bits per heavy atom. The van der Waals surface area contributed by atoms with Crippen LogP contribution in [0.4, 0.5) is 0 Å². The second-order valence-corrected chi connectivity index (χ2v) is 5.69. The second kappa shape index (κ2) is 5.53. The van der Waals surface area contributed by atoms with E-state index in [2.05, 4.69) is 0 Å². The molecule has 2 N–H and O–H groups in total. The van der Waals surface area contributed by atoms with Gasteiger partial charge in [0.05, 0.1) is 16.5 Å². The number of piperidine rings is 1. The first-order valence-corrected chi connectivity index (χ1v) is 7.22. The largest absolute Gasteiger partial charge is 0.392 e. The highest BCUT2D eigenvalue weighted by atomic mass is 32.1. The van der Waals surface area contributed by atoms with Gasteiger partial charge < -0.3 is 15.4 Å². The molecule has 0 bridgehead atoms. The zero-order chi connectivity index (χ0) is 13.2. The van der Waals surface area contributed by atoms with E-state index in [1.165, 1.54) is 0 Å². The molecule has 5 heteroatoms. The van der Waals surface area contributed by atoms with E-state index < -0.39 is 5.41 Å². The van der Waals surface area contributed by atoms with E-state index in [-0.39, 0.29) is 5.91 Å². The van der Waals surface area contributed by atoms with Gasteiger partial charge in [0.1, 0.15) is 0 Å². The fourth-order valence-corrected chi connectivity index (χ4v) is 3.15. The summed E-state index contributed by atoms with van der Waals surface area (Å²) in [6.45, 7) is 4.30. The van der Waals surface area contributed by atoms with Gasteiger partial charge in [-0.15, -0.1) is 0 Å². The fourth-order valence-electron chi connectivity index (χ4n) is 2.86.